The van der Waals surface area contributed by atoms with Crippen LogP contribution in [0.4, 0.5) is 5.69 Å². The average Bonchev–Trinajstić information content (AvgIpc) is 3.53. The number of carbonyl (C=O) groups excluding carboxylic acids is 2. The van der Waals surface area contributed by atoms with E-state index in [1.54, 1.807) is 11.2 Å². The highest BCUT2D eigenvalue weighted by molar-refractivity contribution is 7.99. The molecule has 35 heavy (non-hydrogen) atoms. The van der Waals surface area contributed by atoms with Crippen LogP contribution in [0.3, 0.4) is 0 Å². The Bertz CT molecular complexity index is 1170. The molecule has 4 rings (SSSR count). The Morgan fingerprint density at radius 3 is 2.71 bits per heavy atom. The minimum atomic E-state index is -0.224. The molecule has 1 N–H and O–H groups in total. The lowest BCUT2D eigenvalue weighted by molar-refractivity contribution is -0.133. The van der Waals surface area contributed by atoms with Crippen LogP contribution < -0.4 is 5.32 Å². The number of anilines is 1. The van der Waals surface area contributed by atoms with Gasteiger partial charge in [-0.3, -0.25) is 14.2 Å². The van der Waals surface area contributed by atoms with Crippen molar-refractivity contribution in [2.45, 2.75) is 44.9 Å². The van der Waals surface area contributed by atoms with Crippen LogP contribution in [0.2, 0.25) is 0 Å². The van der Waals surface area contributed by atoms with Gasteiger partial charge in [0.1, 0.15) is 6.33 Å². The van der Waals surface area contributed by atoms with E-state index in [0.717, 1.165) is 40.9 Å². The quantitative estimate of drug-likeness (QED) is 0.455. The first kappa shape index (κ1) is 24.9. The molecule has 184 valence electrons. The molecule has 1 aromatic heterocycles. The maximum absolute atomic E-state index is 13.2. The van der Waals surface area contributed by atoms with E-state index >= 15 is 0 Å². The van der Waals surface area contributed by atoms with Crippen LogP contribution in [0, 0.1) is 20.8 Å². The van der Waals surface area contributed by atoms with Gasteiger partial charge in [0.15, 0.2) is 5.16 Å². The summed E-state index contributed by atoms with van der Waals surface area (Å²) in [6.45, 7) is 7.06. The van der Waals surface area contributed by atoms with Crippen molar-refractivity contribution in [3.8, 4) is 5.69 Å². The van der Waals surface area contributed by atoms with Gasteiger partial charge in [0.25, 0.3) is 0 Å². The standard InChI is InChI=1S/C26H31N5O3S/c1-18-9-11-21(12-10-18)31-17-27-29-26(31)35-16-25(33)30(14-22-7-5-13-34-22)15-24(32)28-23-8-4-6-19(2)20(23)3/h4,6,8-12,17,22H,5,7,13-16H2,1-3H3,(H,28,32). The molecule has 1 unspecified atom stereocenters. The number of nitrogens with one attached hydrogen (secondary N) is 1. The normalized spacial score (nSPS) is 15.2. The predicted molar refractivity (Wildman–Crippen MR) is 137 cm³/mol. The number of aryl methyl sites for hydroxylation is 2. The molecule has 0 bridgehead atoms. The summed E-state index contributed by atoms with van der Waals surface area (Å²) in [7, 11) is 0. The smallest absolute Gasteiger partial charge is 0.244 e. The zero-order valence-electron chi connectivity index (χ0n) is 20.4. The SMILES string of the molecule is Cc1ccc(-n2cnnc2SCC(=O)N(CC(=O)Nc2cccc(C)c2C)CC2CCCO2)cc1. The number of thioether (sulfide) groups is 1. The van der Waals surface area contributed by atoms with Crippen molar-refractivity contribution >= 4 is 29.3 Å². The highest BCUT2D eigenvalue weighted by Gasteiger charge is 2.25. The van der Waals surface area contributed by atoms with Crippen LogP contribution in [0.5, 0.6) is 0 Å². The Morgan fingerprint density at radius 1 is 1.17 bits per heavy atom. The molecular weight excluding hydrogens is 462 g/mol. The number of rotatable bonds is 9. The maximum Gasteiger partial charge on any atom is 0.244 e. The molecule has 1 saturated heterocycles. The topological polar surface area (TPSA) is 89.4 Å². The van der Waals surface area contributed by atoms with Crippen LogP contribution in [0.15, 0.2) is 53.9 Å². The summed E-state index contributed by atoms with van der Waals surface area (Å²) in [5.41, 5.74) is 4.97. The van der Waals surface area contributed by atoms with Gasteiger partial charge in [-0.2, -0.15) is 0 Å². The third kappa shape index (κ3) is 6.49. The number of carbonyl (C=O) groups is 2. The van der Waals surface area contributed by atoms with E-state index in [4.69, 9.17) is 4.74 Å². The molecule has 0 saturated carbocycles. The number of hydrogen-bond donors (Lipinski definition) is 1. The average molecular weight is 494 g/mol. The second-order valence-electron chi connectivity index (χ2n) is 8.81. The van der Waals surface area contributed by atoms with E-state index in [0.29, 0.717) is 18.3 Å². The number of hydrogen-bond acceptors (Lipinski definition) is 6. The first-order valence-corrected chi connectivity index (χ1v) is 12.7. The van der Waals surface area contributed by atoms with Gasteiger partial charge >= 0.3 is 0 Å². The maximum atomic E-state index is 13.2. The van der Waals surface area contributed by atoms with Crippen LogP contribution >= 0.6 is 11.8 Å². The molecule has 8 nitrogen and oxygen atoms in total. The molecule has 2 amide bonds. The second-order valence-corrected chi connectivity index (χ2v) is 9.76. The fourth-order valence-corrected chi connectivity index (χ4v) is 4.79. The van der Waals surface area contributed by atoms with Crippen molar-refractivity contribution in [2.24, 2.45) is 0 Å². The summed E-state index contributed by atoms with van der Waals surface area (Å²) in [6, 6.07) is 13.8. The molecule has 1 aliphatic rings. The van der Waals surface area contributed by atoms with Crippen molar-refractivity contribution in [2.75, 3.05) is 30.8 Å². The summed E-state index contributed by atoms with van der Waals surface area (Å²) >= 11 is 1.31. The zero-order chi connectivity index (χ0) is 24.8. The van der Waals surface area contributed by atoms with Crippen LogP contribution in [-0.4, -0.2) is 63.0 Å². The molecule has 1 atom stereocenters. The number of ether oxygens (including phenoxy) is 1. The van der Waals surface area contributed by atoms with Crippen molar-refractivity contribution in [3.63, 3.8) is 0 Å². The summed E-state index contributed by atoms with van der Waals surface area (Å²) in [5.74, 6) is -0.216. The lowest BCUT2D eigenvalue weighted by Crippen LogP contribution is -2.43. The Labute approximate surface area is 210 Å². The summed E-state index contributed by atoms with van der Waals surface area (Å²) in [6.07, 6.45) is 3.44. The van der Waals surface area contributed by atoms with E-state index in [9.17, 15) is 9.59 Å². The van der Waals surface area contributed by atoms with Crippen LogP contribution in [0.1, 0.15) is 29.5 Å². The minimum Gasteiger partial charge on any atom is -0.376 e. The van der Waals surface area contributed by atoms with Crippen LogP contribution in [-0.2, 0) is 14.3 Å². The molecule has 2 aromatic carbocycles. The zero-order valence-corrected chi connectivity index (χ0v) is 21.2. The Kier molecular flexibility index (Phi) is 8.20. The summed E-state index contributed by atoms with van der Waals surface area (Å²) in [5, 5.41) is 11.8. The minimum absolute atomic E-state index is 0.0305. The molecule has 0 aliphatic carbocycles. The molecule has 9 heteroatoms. The highest BCUT2D eigenvalue weighted by atomic mass is 32.2. The fraction of sp³-hybridized carbons (Fsp3) is 0.385. The molecule has 1 fully saturated rings. The van der Waals surface area contributed by atoms with E-state index in [2.05, 4.69) is 15.5 Å². The van der Waals surface area contributed by atoms with Crippen molar-refractivity contribution < 1.29 is 14.3 Å². The van der Waals surface area contributed by atoms with Gasteiger partial charge in [-0.15, -0.1) is 10.2 Å². The monoisotopic (exact) mass is 493 g/mol. The van der Waals surface area contributed by atoms with E-state index in [1.165, 1.54) is 11.8 Å². The van der Waals surface area contributed by atoms with Gasteiger partial charge < -0.3 is 15.0 Å². The van der Waals surface area contributed by atoms with Gasteiger partial charge in [-0.05, 0) is 62.9 Å². The number of amides is 2. The first-order chi connectivity index (χ1) is 16.9. The molecular formula is C26H31N5O3S. The highest BCUT2D eigenvalue weighted by Crippen LogP contribution is 2.22. The van der Waals surface area contributed by atoms with Crippen molar-refractivity contribution in [1.82, 2.24) is 19.7 Å². The van der Waals surface area contributed by atoms with Gasteiger partial charge in [0.2, 0.25) is 11.8 Å². The number of aromatic nitrogens is 3. The molecule has 2 heterocycles. The Balaban J connectivity index is 1.42. The van der Waals surface area contributed by atoms with E-state index in [1.807, 2.05) is 67.8 Å². The Hall–Kier alpha value is -3.17. The lowest BCUT2D eigenvalue weighted by Gasteiger charge is -2.25. The largest absolute Gasteiger partial charge is 0.376 e. The third-order valence-electron chi connectivity index (χ3n) is 6.17. The first-order valence-electron chi connectivity index (χ1n) is 11.8. The van der Waals surface area contributed by atoms with Gasteiger partial charge in [0.05, 0.1) is 18.4 Å². The summed E-state index contributed by atoms with van der Waals surface area (Å²) < 4.78 is 7.60. The van der Waals surface area contributed by atoms with Gasteiger partial charge in [-0.25, -0.2) is 0 Å². The number of nitrogens with zero attached hydrogens (tertiary/aromatic N) is 4. The van der Waals surface area contributed by atoms with Gasteiger partial charge in [0, 0.05) is 24.5 Å². The molecule has 1 aliphatic heterocycles. The molecule has 0 radical (unpaired) electrons. The Morgan fingerprint density at radius 2 is 1.97 bits per heavy atom. The van der Waals surface area contributed by atoms with Gasteiger partial charge in [-0.1, -0.05) is 41.6 Å². The lowest BCUT2D eigenvalue weighted by atomic mass is 10.1. The van der Waals surface area contributed by atoms with Crippen molar-refractivity contribution in [1.29, 1.82) is 0 Å². The summed E-state index contributed by atoms with van der Waals surface area (Å²) in [4.78, 5) is 27.7. The van der Waals surface area contributed by atoms with E-state index < -0.39 is 0 Å². The fourth-order valence-electron chi connectivity index (χ4n) is 3.96. The van der Waals surface area contributed by atoms with Crippen molar-refractivity contribution in [3.05, 3.63) is 65.5 Å². The second kappa shape index (κ2) is 11.5. The molecule has 3 aromatic rings. The van der Waals surface area contributed by atoms with E-state index in [-0.39, 0.29) is 30.2 Å². The van der Waals surface area contributed by atoms with Crippen LogP contribution in [0.25, 0.3) is 5.69 Å². The number of benzene rings is 2. The third-order valence-corrected chi connectivity index (χ3v) is 7.10. The predicted octanol–water partition coefficient (Wildman–Crippen LogP) is 3.93. The molecule has 0 spiro atoms.